The molecule has 3 aromatic rings. The number of hydrogen-bond acceptors (Lipinski definition) is 7. The van der Waals surface area contributed by atoms with E-state index in [0.29, 0.717) is 33.6 Å². The van der Waals surface area contributed by atoms with Crippen LogP contribution in [0, 0.1) is 22.7 Å². The Bertz CT molecular complexity index is 1410. The van der Waals surface area contributed by atoms with Crippen molar-refractivity contribution in [3.63, 3.8) is 0 Å². The highest BCUT2D eigenvalue weighted by atomic mass is 16.7. The first-order chi connectivity index (χ1) is 17.6. The quantitative estimate of drug-likeness (QED) is 0.520. The fourth-order valence-electron chi connectivity index (χ4n) is 3.50. The molecule has 1 aliphatic rings. The summed E-state index contributed by atoms with van der Waals surface area (Å²) in [6, 6.07) is 23.8. The number of amides is 1. The molecule has 8 nitrogen and oxygen atoms in total. The van der Waals surface area contributed by atoms with E-state index in [9.17, 15) is 14.7 Å². The van der Waals surface area contributed by atoms with Crippen molar-refractivity contribution in [1.82, 2.24) is 5.06 Å². The number of aromatic hydroxyl groups is 1. The van der Waals surface area contributed by atoms with Gasteiger partial charge in [-0.15, -0.1) is 0 Å². The third-order valence-corrected chi connectivity index (χ3v) is 5.61. The predicted molar refractivity (Wildman–Crippen MR) is 137 cm³/mol. The van der Waals surface area contributed by atoms with Gasteiger partial charge in [-0.05, 0) is 80.1 Å². The Morgan fingerprint density at radius 1 is 0.892 bits per heavy atom. The van der Waals surface area contributed by atoms with E-state index in [0.717, 1.165) is 10.6 Å². The molecule has 0 bridgehead atoms. The number of phenolic OH excluding ortho intramolecular Hbond substituents is 1. The molecule has 4 rings (SSSR count). The van der Waals surface area contributed by atoms with E-state index in [1.807, 2.05) is 6.07 Å². The summed E-state index contributed by atoms with van der Waals surface area (Å²) in [6.45, 7) is 3.46. The lowest BCUT2D eigenvalue weighted by Gasteiger charge is -2.17. The van der Waals surface area contributed by atoms with Gasteiger partial charge in [-0.25, -0.2) is 5.06 Å². The van der Waals surface area contributed by atoms with E-state index < -0.39 is 5.60 Å². The van der Waals surface area contributed by atoms with Gasteiger partial charge in [0.05, 0.1) is 35.9 Å². The van der Waals surface area contributed by atoms with E-state index in [4.69, 9.17) is 20.1 Å². The van der Waals surface area contributed by atoms with Crippen molar-refractivity contribution in [1.29, 1.82) is 10.5 Å². The van der Waals surface area contributed by atoms with Gasteiger partial charge in [-0.2, -0.15) is 10.5 Å². The Hall–Kier alpha value is -4.92. The number of hydroxylamine groups is 2. The van der Waals surface area contributed by atoms with Crippen LogP contribution in [0.25, 0.3) is 11.3 Å². The third kappa shape index (κ3) is 6.02. The lowest BCUT2D eigenvalue weighted by Crippen LogP contribution is -2.29. The van der Waals surface area contributed by atoms with Crippen LogP contribution in [-0.2, 0) is 14.4 Å². The Kier molecular flexibility index (Phi) is 8.09. The molecule has 1 aliphatic heterocycles. The maximum absolute atomic E-state index is 12.7. The Labute approximate surface area is 215 Å². The molecule has 3 aromatic carbocycles. The summed E-state index contributed by atoms with van der Waals surface area (Å²) in [4.78, 5) is 29.0. The largest absolute Gasteiger partial charge is 0.508 e. The molecule has 0 saturated heterocycles. The van der Waals surface area contributed by atoms with Gasteiger partial charge in [0, 0.05) is 18.2 Å². The molecule has 186 valence electrons. The standard InChI is InChI=1S/C19H15NO3.C10H10N2O2/c1-19(2)18(22)16(13-7-9-15(21)10-8-13)17(23-19)14-5-3-12(11-20)4-6-14;1-12(14-2)10(13)9-5-3-8(7-11)4-6-9/h3-10,21H,1-2H3;3-6H,1-2H3. The van der Waals surface area contributed by atoms with Crippen LogP contribution in [0.1, 0.15) is 46.5 Å². The van der Waals surface area contributed by atoms with Gasteiger partial charge in [-0.1, -0.05) is 12.1 Å². The minimum absolute atomic E-state index is 0.109. The van der Waals surface area contributed by atoms with Crippen LogP contribution in [0.5, 0.6) is 5.75 Å². The number of ketones is 1. The second kappa shape index (κ2) is 11.2. The van der Waals surface area contributed by atoms with Crippen LogP contribution in [0.15, 0.2) is 72.8 Å². The van der Waals surface area contributed by atoms with E-state index in [1.54, 1.807) is 74.5 Å². The predicted octanol–water partition coefficient (Wildman–Crippen LogP) is 4.70. The topological polar surface area (TPSA) is 124 Å². The molecule has 1 N–H and O–H groups in total. The number of nitrogens with zero attached hydrogens (tertiary/aromatic N) is 3. The second-order valence-corrected chi connectivity index (χ2v) is 8.56. The zero-order chi connectivity index (χ0) is 27.2. The number of hydrogen-bond donors (Lipinski definition) is 1. The van der Waals surface area contributed by atoms with Crippen molar-refractivity contribution in [2.75, 3.05) is 14.2 Å². The van der Waals surface area contributed by atoms with Crippen LogP contribution in [0.4, 0.5) is 0 Å². The molecule has 0 atom stereocenters. The summed E-state index contributed by atoms with van der Waals surface area (Å²) in [5.74, 6) is 0.287. The van der Waals surface area contributed by atoms with Gasteiger partial charge in [-0.3, -0.25) is 14.4 Å². The summed E-state index contributed by atoms with van der Waals surface area (Å²) in [5.41, 5.74) is 2.54. The summed E-state index contributed by atoms with van der Waals surface area (Å²) in [6.07, 6.45) is 0. The first kappa shape index (κ1) is 26.7. The number of Topliss-reactive ketones (excluding diaryl/α,β-unsaturated/α-hetero) is 1. The average molecular weight is 496 g/mol. The number of benzene rings is 3. The van der Waals surface area contributed by atoms with Gasteiger partial charge in [0.2, 0.25) is 5.78 Å². The summed E-state index contributed by atoms with van der Waals surface area (Å²) < 4.78 is 5.90. The summed E-state index contributed by atoms with van der Waals surface area (Å²) in [5, 5.41) is 28.0. The summed E-state index contributed by atoms with van der Waals surface area (Å²) >= 11 is 0. The Morgan fingerprint density at radius 2 is 1.38 bits per heavy atom. The number of ether oxygens (including phenoxy) is 1. The second-order valence-electron chi connectivity index (χ2n) is 8.56. The molecule has 0 spiro atoms. The molecule has 1 heterocycles. The number of carbonyl (C=O) groups is 2. The normalized spacial score (nSPS) is 13.5. The molecule has 8 heteroatoms. The van der Waals surface area contributed by atoms with Crippen LogP contribution in [-0.4, -0.2) is 41.6 Å². The van der Waals surface area contributed by atoms with Crippen molar-refractivity contribution in [2.24, 2.45) is 0 Å². The van der Waals surface area contributed by atoms with E-state index in [-0.39, 0.29) is 17.4 Å². The highest BCUT2D eigenvalue weighted by Crippen LogP contribution is 2.41. The van der Waals surface area contributed by atoms with Crippen LogP contribution < -0.4 is 0 Å². The van der Waals surface area contributed by atoms with Crippen molar-refractivity contribution in [2.45, 2.75) is 19.4 Å². The molecule has 37 heavy (non-hydrogen) atoms. The van der Waals surface area contributed by atoms with Crippen molar-refractivity contribution in [3.05, 3.63) is 101 Å². The Balaban J connectivity index is 0.000000233. The van der Waals surface area contributed by atoms with Crippen molar-refractivity contribution in [3.8, 4) is 17.9 Å². The van der Waals surface area contributed by atoms with Crippen molar-refractivity contribution >= 4 is 23.0 Å². The molecule has 1 amide bonds. The molecule has 0 saturated carbocycles. The molecule has 0 unspecified atom stereocenters. The SMILES string of the molecule is CC1(C)OC(c2ccc(C#N)cc2)=C(c2ccc(O)cc2)C1=O.CON(C)C(=O)c1ccc(C#N)cc1. The molecule has 0 radical (unpaired) electrons. The number of carbonyl (C=O) groups excluding carboxylic acids is 2. The maximum atomic E-state index is 12.7. The smallest absolute Gasteiger partial charge is 0.277 e. The lowest BCUT2D eigenvalue weighted by molar-refractivity contribution is -0.125. The highest BCUT2D eigenvalue weighted by Gasteiger charge is 2.42. The van der Waals surface area contributed by atoms with Gasteiger partial charge < -0.3 is 9.84 Å². The minimum atomic E-state index is -0.948. The van der Waals surface area contributed by atoms with Crippen LogP contribution in [0.3, 0.4) is 0 Å². The van der Waals surface area contributed by atoms with Gasteiger partial charge in [0.15, 0.2) is 5.60 Å². The fourth-order valence-corrected chi connectivity index (χ4v) is 3.50. The highest BCUT2D eigenvalue weighted by molar-refractivity contribution is 6.32. The van der Waals surface area contributed by atoms with E-state index >= 15 is 0 Å². The number of nitriles is 2. The third-order valence-electron chi connectivity index (χ3n) is 5.61. The molecule has 0 aliphatic carbocycles. The number of phenols is 1. The monoisotopic (exact) mass is 495 g/mol. The molecular weight excluding hydrogens is 470 g/mol. The zero-order valence-electron chi connectivity index (χ0n) is 20.9. The number of rotatable bonds is 4. The Morgan fingerprint density at radius 3 is 1.86 bits per heavy atom. The maximum Gasteiger partial charge on any atom is 0.277 e. The van der Waals surface area contributed by atoms with Gasteiger partial charge in [0.25, 0.3) is 5.91 Å². The average Bonchev–Trinajstić information content (AvgIpc) is 3.17. The zero-order valence-corrected chi connectivity index (χ0v) is 20.9. The molecule has 0 aromatic heterocycles. The molecule has 0 fully saturated rings. The first-order valence-corrected chi connectivity index (χ1v) is 11.2. The molecular formula is C29H25N3O5. The van der Waals surface area contributed by atoms with Crippen molar-refractivity contribution < 1.29 is 24.3 Å². The van der Waals surface area contributed by atoms with E-state index in [2.05, 4.69) is 6.07 Å². The first-order valence-electron chi connectivity index (χ1n) is 11.2. The minimum Gasteiger partial charge on any atom is -0.508 e. The summed E-state index contributed by atoms with van der Waals surface area (Å²) in [7, 11) is 2.95. The van der Waals surface area contributed by atoms with Gasteiger partial charge in [0.1, 0.15) is 11.5 Å². The lowest BCUT2D eigenvalue weighted by atomic mass is 9.92. The van der Waals surface area contributed by atoms with E-state index in [1.165, 1.54) is 26.3 Å². The van der Waals surface area contributed by atoms with Crippen LogP contribution >= 0.6 is 0 Å². The van der Waals surface area contributed by atoms with Crippen LogP contribution in [0.2, 0.25) is 0 Å². The fraction of sp³-hybridized carbons (Fsp3) is 0.172. The van der Waals surface area contributed by atoms with Gasteiger partial charge >= 0.3 is 0 Å².